The van der Waals surface area contributed by atoms with Crippen molar-refractivity contribution in [3.05, 3.63) is 29.3 Å². The first-order chi connectivity index (χ1) is 8.49. The van der Waals surface area contributed by atoms with Crippen LogP contribution in [-0.4, -0.2) is 26.5 Å². The van der Waals surface area contributed by atoms with Gasteiger partial charge in [0.25, 0.3) is 0 Å². The smallest absolute Gasteiger partial charge is 0.275 e. The molecule has 18 heavy (non-hydrogen) atoms. The van der Waals surface area contributed by atoms with Crippen molar-refractivity contribution in [3.8, 4) is 0 Å². The number of nitrogens with zero attached hydrogens (tertiary/aromatic N) is 3. The van der Waals surface area contributed by atoms with E-state index in [0.717, 1.165) is 16.4 Å². The van der Waals surface area contributed by atoms with Crippen LogP contribution >= 0.6 is 46.8 Å². The number of hydrazine groups is 1. The Hall–Kier alpha value is -0.400. The number of urea groups is 1. The van der Waals surface area contributed by atoms with Crippen LogP contribution in [0, 0.1) is 0 Å². The topological polar surface area (TPSA) is 26.8 Å². The minimum atomic E-state index is -0.860. The highest BCUT2D eigenvalue weighted by atomic mass is 35.5. The van der Waals surface area contributed by atoms with Gasteiger partial charge < -0.3 is 0 Å². The summed E-state index contributed by atoms with van der Waals surface area (Å²) in [6.45, 7) is 0.0115. The van der Waals surface area contributed by atoms with E-state index in [9.17, 15) is 9.28 Å². The van der Waals surface area contributed by atoms with Gasteiger partial charge in [-0.2, -0.15) is 0 Å². The number of carbonyl (C=O) groups is 1. The summed E-state index contributed by atoms with van der Waals surface area (Å²) in [7, 11) is 0. The predicted octanol–water partition coefficient (Wildman–Crippen LogP) is 4.05. The van der Waals surface area contributed by atoms with Gasteiger partial charge in [-0.25, -0.2) is 4.79 Å². The molecular formula is C9H7Cl3FN3OS. The minimum absolute atomic E-state index is 0.0115. The number of benzene rings is 1. The van der Waals surface area contributed by atoms with Crippen molar-refractivity contribution in [2.75, 3.05) is 11.6 Å². The Morgan fingerprint density at radius 3 is 2.44 bits per heavy atom. The van der Waals surface area contributed by atoms with E-state index in [1.165, 1.54) is 4.90 Å². The van der Waals surface area contributed by atoms with Crippen LogP contribution in [0.5, 0.6) is 0 Å². The van der Waals surface area contributed by atoms with E-state index >= 15 is 0 Å². The third-order valence-corrected chi connectivity index (χ3v) is 3.58. The summed E-state index contributed by atoms with van der Waals surface area (Å²) in [6, 6.07) is 5.68. The van der Waals surface area contributed by atoms with Crippen LogP contribution in [0.3, 0.4) is 0 Å². The first-order valence-electron chi connectivity index (χ1n) is 4.74. The van der Waals surface area contributed by atoms with Crippen molar-refractivity contribution in [1.82, 2.24) is 9.65 Å². The third-order valence-electron chi connectivity index (χ3n) is 2.19. The maximum Gasteiger partial charge on any atom is 0.370 e. The average molecular weight is 331 g/mol. The zero-order chi connectivity index (χ0) is 13.3. The highest BCUT2D eigenvalue weighted by Gasteiger charge is 2.38. The fourth-order valence-electron chi connectivity index (χ4n) is 1.41. The van der Waals surface area contributed by atoms with Gasteiger partial charge in [0.05, 0.1) is 0 Å². The van der Waals surface area contributed by atoms with Gasteiger partial charge in [-0.05, 0) is 36.2 Å². The van der Waals surface area contributed by atoms with E-state index in [4.69, 9.17) is 34.8 Å². The Kier molecular flexibility index (Phi) is 4.45. The molecule has 1 aromatic rings. The molecule has 0 spiro atoms. The van der Waals surface area contributed by atoms with E-state index in [0.29, 0.717) is 10.7 Å². The van der Waals surface area contributed by atoms with Gasteiger partial charge in [-0.15, -0.1) is 4.41 Å². The molecular weight excluding hydrogens is 324 g/mol. The van der Waals surface area contributed by atoms with Crippen LogP contribution in [0.15, 0.2) is 24.3 Å². The zero-order valence-corrected chi connectivity index (χ0v) is 11.8. The van der Waals surface area contributed by atoms with E-state index < -0.39 is 10.2 Å². The van der Waals surface area contributed by atoms with Crippen molar-refractivity contribution in [2.45, 2.75) is 4.17 Å². The van der Waals surface area contributed by atoms with Crippen molar-refractivity contribution < 1.29 is 9.28 Å². The molecule has 2 rings (SSSR count). The molecule has 4 nitrogen and oxygen atoms in total. The van der Waals surface area contributed by atoms with Crippen molar-refractivity contribution in [1.29, 1.82) is 0 Å². The quantitative estimate of drug-likeness (QED) is 0.475. The summed E-state index contributed by atoms with van der Waals surface area (Å²) in [5, 5.41) is 0.507. The maximum atomic E-state index is 13.6. The lowest BCUT2D eigenvalue weighted by Gasteiger charge is -2.15. The number of rotatable bonds is 3. The SMILES string of the molecule is O=C1N(c2ccc(Cl)cc2)CN(SC(Cl)Cl)N1F. The molecule has 2 amide bonds. The second-order valence-electron chi connectivity index (χ2n) is 3.31. The summed E-state index contributed by atoms with van der Waals surface area (Å²) in [5.41, 5.74) is 0.538. The van der Waals surface area contributed by atoms with Gasteiger partial charge in [0.15, 0.2) is 4.17 Å². The van der Waals surface area contributed by atoms with Crippen LogP contribution in [0.25, 0.3) is 0 Å². The molecule has 1 fully saturated rings. The van der Waals surface area contributed by atoms with Gasteiger partial charge in [0, 0.05) is 10.7 Å². The van der Waals surface area contributed by atoms with Crippen LogP contribution in [0.4, 0.5) is 15.0 Å². The van der Waals surface area contributed by atoms with Crippen molar-refractivity contribution in [2.24, 2.45) is 0 Å². The van der Waals surface area contributed by atoms with Gasteiger partial charge in [-0.3, -0.25) is 4.90 Å². The number of alkyl halides is 2. The Morgan fingerprint density at radius 2 is 1.89 bits per heavy atom. The van der Waals surface area contributed by atoms with Crippen LogP contribution in [-0.2, 0) is 0 Å². The van der Waals surface area contributed by atoms with E-state index in [2.05, 4.69) is 0 Å². The van der Waals surface area contributed by atoms with E-state index in [-0.39, 0.29) is 11.9 Å². The monoisotopic (exact) mass is 329 g/mol. The molecule has 0 aromatic heterocycles. The predicted molar refractivity (Wildman–Crippen MR) is 72.1 cm³/mol. The lowest BCUT2D eigenvalue weighted by molar-refractivity contribution is -0.0290. The molecule has 0 bridgehead atoms. The molecule has 0 radical (unpaired) electrons. The highest BCUT2D eigenvalue weighted by Crippen LogP contribution is 2.32. The number of carbonyl (C=O) groups excluding carboxylic acids is 1. The summed E-state index contributed by atoms with van der Waals surface area (Å²) in [5.74, 6) is 0. The number of hydrogen-bond acceptors (Lipinski definition) is 3. The van der Waals surface area contributed by atoms with Crippen LogP contribution in [0.1, 0.15) is 0 Å². The molecule has 1 aliphatic rings. The molecule has 0 atom stereocenters. The number of halogens is 4. The molecule has 0 unspecified atom stereocenters. The lowest BCUT2D eigenvalue weighted by Crippen LogP contribution is -2.28. The Balaban J connectivity index is 2.15. The fourth-order valence-corrected chi connectivity index (χ4v) is 2.61. The van der Waals surface area contributed by atoms with Gasteiger partial charge in [0.2, 0.25) is 0 Å². The zero-order valence-electron chi connectivity index (χ0n) is 8.76. The molecule has 1 aromatic carbocycles. The molecule has 98 valence electrons. The largest absolute Gasteiger partial charge is 0.370 e. The first kappa shape index (κ1) is 14.0. The fraction of sp³-hybridized carbons (Fsp3) is 0.222. The van der Waals surface area contributed by atoms with E-state index in [1.807, 2.05) is 0 Å². The number of amides is 2. The van der Waals surface area contributed by atoms with Crippen molar-refractivity contribution >= 4 is 58.5 Å². The van der Waals surface area contributed by atoms with Crippen molar-refractivity contribution in [3.63, 3.8) is 0 Å². The lowest BCUT2D eigenvalue weighted by atomic mass is 10.3. The first-order valence-corrected chi connectivity index (χ1v) is 6.83. The summed E-state index contributed by atoms with van der Waals surface area (Å²) in [6.07, 6.45) is 0. The minimum Gasteiger partial charge on any atom is -0.275 e. The Labute approximate surface area is 122 Å². The van der Waals surface area contributed by atoms with Crippen LogP contribution < -0.4 is 4.90 Å². The second-order valence-corrected chi connectivity index (χ2v) is 6.46. The molecule has 1 aliphatic heterocycles. The summed E-state index contributed by atoms with van der Waals surface area (Å²) >= 11 is 17.6. The van der Waals surface area contributed by atoms with Gasteiger partial charge >= 0.3 is 6.03 Å². The second kappa shape index (κ2) is 5.71. The van der Waals surface area contributed by atoms with Crippen LogP contribution in [0.2, 0.25) is 5.02 Å². The van der Waals surface area contributed by atoms with Gasteiger partial charge in [0.1, 0.15) is 6.67 Å². The number of anilines is 1. The van der Waals surface area contributed by atoms with E-state index in [1.54, 1.807) is 24.3 Å². The Bertz CT molecular complexity index is 447. The third kappa shape index (κ3) is 2.95. The normalized spacial score (nSPS) is 17.1. The molecule has 0 N–H and O–H groups in total. The van der Waals surface area contributed by atoms with Gasteiger partial charge in [-0.1, -0.05) is 44.5 Å². The maximum absolute atomic E-state index is 13.6. The summed E-state index contributed by atoms with van der Waals surface area (Å²) < 4.78 is 13.7. The molecule has 1 saturated heterocycles. The average Bonchev–Trinajstić information content (AvgIpc) is 2.58. The molecule has 0 saturated carbocycles. The summed E-state index contributed by atoms with van der Waals surface area (Å²) in [4.78, 5) is 12.9. The number of hydrogen-bond donors (Lipinski definition) is 0. The molecule has 0 aliphatic carbocycles. The Morgan fingerprint density at radius 1 is 1.28 bits per heavy atom. The standard InChI is InChI=1S/C9H7Cl3FN3OS/c10-6-1-3-7(4-2-6)14-5-15(18-8(11)12)16(13)9(14)17/h1-4,8H,5H2. The molecule has 9 heteroatoms. The highest BCUT2D eigenvalue weighted by molar-refractivity contribution is 8.00. The molecule has 1 heterocycles.